The third-order valence-corrected chi connectivity index (χ3v) is 24.2. The Morgan fingerprint density at radius 3 is 2.02 bits per heavy atom. The number of aliphatic hydroxyl groups excluding tert-OH is 1. The van der Waals surface area contributed by atoms with Gasteiger partial charge >= 0.3 is 30.0 Å². The number of urea groups is 1. The van der Waals surface area contributed by atoms with Crippen molar-refractivity contribution in [2.75, 3.05) is 69.7 Å². The smallest absolute Gasteiger partial charge is 0.410 e. The van der Waals surface area contributed by atoms with E-state index in [9.17, 15) is 62.6 Å². The molecule has 2 aliphatic carbocycles. The molecule has 2 aliphatic heterocycles. The second-order valence-corrected chi connectivity index (χ2v) is 34.0. The molecule has 2 heterocycles. The van der Waals surface area contributed by atoms with Crippen molar-refractivity contribution in [3.8, 4) is 0 Å². The van der Waals surface area contributed by atoms with Gasteiger partial charge in [0.1, 0.15) is 49.1 Å². The van der Waals surface area contributed by atoms with Gasteiger partial charge in [0, 0.05) is 93.4 Å². The van der Waals surface area contributed by atoms with Crippen LogP contribution in [0.15, 0.2) is 88.7 Å². The van der Waals surface area contributed by atoms with Crippen LogP contribution >= 0.6 is 35.3 Å². The van der Waals surface area contributed by atoms with Gasteiger partial charge in [-0.1, -0.05) is 129 Å². The molecule has 0 radical (unpaired) electrons. The number of nitrogens with two attached hydrogens (primary N) is 1. The number of allylic oxidation sites excluding steroid dienone is 5. The van der Waals surface area contributed by atoms with Gasteiger partial charge in [0.05, 0.1) is 73.8 Å². The predicted molar refractivity (Wildman–Crippen MR) is 439 cm³/mol. The molecule has 0 aromatic heterocycles. The Hall–Kier alpha value is -8.17. The van der Waals surface area contributed by atoms with Crippen molar-refractivity contribution in [3.63, 3.8) is 0 Å². The van der Waals surface area contributed by atoms with Gasteiger partial charge in [-0.3, -0.25) is 52.8 Å². The summed E-state index contributed by atoms with van der Waals surface area (Å²) < 4.78 is 35.3. The average Bonchev–Trinajstić information content (AvgIpc) is 1.49. The maximum Gasteiger partial charge on any atom is 0.410 e. The minimum Gasteiger partial charge on any atom is -0.462 e. The van der Waals surface area contributed by atoms with E-state index in [1.165, 1.54) is 26.2 Å². The quantitative estimate of drug-likeness (QED) is 0.0177. The summed E-state index contributed by atoms with van der Waals surface area (Å²) in [5, 5.41) is 27.7. The summed E-state index contributed by atoms with van der Waals surface area (Å²) in [5.74, 6) is -5.91. The molecule has 1 saturated carbocycles. The zero-order valence-corrected chi connectivity index (χ0v) is 70.9. The van der Waals surface area contributed by atoms with Crippen LogP contribution in [0, 0.1) is 29.6 Å². The Bertz CT molecular complexity index is 3640. The Morgan fingerprint density at radius 1 is 0.746 bits per heavy atom. The van der Waals surface area contributed by atoms with Crippen LogP contribution in [0.5, 0.6) is 0 Å². The minimum atomic E-state index is -1.17. The molecule has 4 aliphatic rings. The van der Waals surface area contributed by atoms with E-state index in [0.29, 0.717) is 54.1 Å². The number of methoxy groups -OCH3 is 2. The number of anilines is 1. The molecule has 1 saturated heterocycles. The highest BCUT2D eigenvalue weighted by atomic mass is 32.2. The van der Waals surface area contributed by atoms with E-state index in [-0.39, 0.29) is 100 Å². The fourth-order valence-corrected chi connectivity index (χ4v) is 17.4. The predicted octanol–water partition coefficient (Wildman–Crippen LogP) is 8.62. The van der Waals surface area contributed by atoms with Crippen LogP contribution in [0.25, 0.3) is 0 Å². The number of fused-ring (bicyclic) bond motifs is 2. The number of aliphatic hydroxyl groups is 1. The van der Waals surface area contributed by atoms with Crippen molar-refractivity contribution in [2.45, 2.75) is 238 Å². The summed E-state index contributed by atoms with van der Waals surface area (Å²) in [6.45, 7) is 18.2. The van der Waals surface area contributed by atoms with Gasteiger partial charge in [-0.05, 0) is 92.0 Å². The number of hydrogen-bond donors (Lipinski definition) is 8. The number of esters is 3. The molecule has 32 heteroatoms. The van der Waals surface area contributed by atoms with Crippen molar-refractivity contribution in [1.29, 1.82) is 0 Å². The second-order valence-electron chi connectivity index (χ2n) is 30.6. The Morgan fingerprint density at radius 2 is 1.40 bits per heavy atom. The zero-order valence-electron chi connectivity index (χ0n) is 68.5. The molecule has 6 rings (SSSR count). The first-order valence-corrected chi connectivity index (χ1v) is 42.7. The molecule has 2 aromatic rings. The molecule has 15 atom stereocenters. The topological polar surface area (TPSA) is 388 Å². The fraction of sp³-hybridized carbons (Fsp3) is 0.634. The number of amides is 10. The molecule has 0 spiro atoms. The number of primary amides is 1. The summed E-state index contributed by atoms with van der Waals surface area (Å²) >= 11 is 4.29. The number of rotatable bonds is 38. The van der Waals surface area contributed by atoms with Gasteiger partial charge < -0.3 is 81.0 Å². The first kappa shape index (κ1) is 94.7. The largest absolute Gasteiger partial charge is 0.462 e. The summed E-state index contributed by atoms with van der Waals surface area (Å²) in [4.78, 5) is 170. The minimum absolute atomic E-state index is 0.0436. The normalized spacial score (nSPS) is 20.3. The highest BCUT2D eigenvalue weighted by Gasteiger charge is 2.45. The molecule has 2 fully saturated rings. The Balaban J connectivity index is 0.991. The molecule has 1 unspecified atom stereocenters. The Labute approximate surface area is 684 Å². The van der Waals surface area contributed by atoms with Crippen molar-refractivity contribution >= 4 is 112 Å². The number of benzene rings is 2. The van der Waals surface area contributed by atoms with Crippen molar-refractivity contribution in [2.24, 2.45) is 35.3 Å². The number of ether oxygens (including phenoxy) is 6. The maximum absolute atomic E-state index is 14.9. The van der Waals surface area contributed by atoms with Gasteiger partial charge in [-0.2, -0.15) is 11.8 Å². The molecule has 632 valence electrons. The number of hydrogen-bond acceptors (Lipinski definition) is 22. The number of likely N-dealkylation sites (tertiary alicyclic amines) is 1. The molecular formula is C82H122N10O19S3. The van der Waals surface area contributed by atoms with E-state index in [2.05, 4.69) is 31.9 Å². The number of nitrogens with zero attached hydrogens (tertiary/aromatic N) is 3. The lowest BCUT2D eigenvalue weighted by molar-refractivity contribution is -0.169. The monoisotopic (exact) mass is 1650 g/mol. The second kappa shape index (κ2) is 47.8. The molecule has 114 heavy (non-hydrogen) atoms. The van der Waals surface area contributed by atoms with Crippen LogP contribution in [0.4, 0.5) is 15.3 Å². The van der Waals surface area contributed by atoms with Crippen LogP contribution < -0.4 is 37.6 Å². The molecule has 29 nitrogen and oxygen atoms in total. The van der Waals surface area contributed by atoms with Gasteiger partial charge in [0.2, 0.25) is 41.4 Å². The average molecular weight is 1650 g/mol. The van der Waals surface area contributed by atoms with E-state index in [0.717, 1.165) is 28.0 Å². The third-order valence-electron chi connectivity index (χ3n) is 20.9. The lowest BCUT2D eigenvalue weighted by Gasteiger charge is -2.41. The van der Waals surface area contributed by atoms with Crippen LogP contribution in [0.2, 0.25) is 0 Å². The van der Waals surface area contributed by atoms with Crippen LogP contribution in [-0.2, 0) is 83.0 Å². The molecule has 2 bridgehead atoms. The van der Waals surface area contributed by atoms with E-state index in [1.807, 2.05) is 56.4 Å². The van der Waals surface area contributed by atoms with E-state index >= 15 is 0 Å². The third kappa shape index (κ3) is 29.5. The van der Waals surface area contributed by atoms with Crippen LogP contribution in [-0.4, -0.2) is 228 Å². The number of nitrogens with one attached hydrogen (secondary N) is 6. The van der Waals surface area contributed by atoms with E-state index in [1.54, 1.807) is 132 Å². The summed E-state index contributed by atoms with van der Waals surface area (Å²) in [7, 11) is 6.07. The SMILES string of the molecule is CC[C@H](C)[C@@H]([C@@H](CC(=O)N1CCC[C@H]1[C@H](OC)[C@@H](C)C(=O)N[C@H](C)[C@@H](O)c1ccccc1)OC)N(C)C(=O)[C@@H](NC(=O)[C@H](C(C)C)N(C)C(=O)OCc1ccc(NC(=O)[C@H](CCCNC(N)=O)NC(=O)[C@@H](NC(=O)CSCCC(=O)O[C@H]2CC3C[C@H](C2)OC(=O)CCSC2=C(CC=CC=C2)SCCC(=O)O3)C(C)C)cc1)C(C)C. The number of carbonyl (C=O) groups is 12. The first-order valence-electron chi connectivity index (χ1n) is 39.6. The van der Waals surface area contributed by atoms with Crippen LogP contribution in [0.1, 0.15) is 170 Å². The van der Waals surface area contributed by atoms with Gasteiger partial charge in [-0.15, -0.1) is 23.5 Å². The highest BCUT2D eigenvalue weighted by Crippen LogP contribution is 2.36. The Kier molecular flexibility index (Phi) is 39.7. The molecule has 2 aromatic carbocycles. The van der Waals surface area contributed by atoms with E-state index in [4.69, 9.17) is 34.2 Å². The van der Waals surface area contributed by atoms with Crippen molar-refractivity contribution in [3.05, 3.63) is 99.8 Å². The maximum atomic E-state index is 14.9. The molecule has 9 N–H and O–H groups in total. The number of thioether (sulfide) groups is 3. The van der Waals surface area contributed by atoms with Crippen molar-refractivity contribution < 1.29 is 91.1 Å². The lowest BCUT2D eigenvalue weighted by atomic mass is 9.89. The van der Waals surface area contributed by atoms with Crippen molar-refractivity contribution in [1.82, 2.24) is 41.3 Å². The molecular weight excluding hydrogens is 1530 g/mol. The van der Waals surface area contributed by atoms with Gasteiger partial charge in [0.15, 0.2) is 0 Å². The molecule has 10 amide bonds. The number of carbonyl (C=O) groups excluding carboxylic acids is 12. The number of likely N-dealkylation sites (N-methyl/N-ethyl adjacent to an activating group) is 2. The highest BCUT2D eigenvalue weighted by molar-refractivity contribution is 8.06. The van der Waals surface area contributed by atoms with Gasteiger partial charge in [-0.25, -0.2) is 9.59 Å². The zero-order chi connectivity index (χ0) is 83.9. The standard InChI is InChI=1S/C82H122N10O19S3/c1-15-51(8)73(62(106-13)45-66(94)92-38-23-27-61(92)75(107-14)52(9)76(99)85-53(10)74(98)55-24-18-16-19-25-55)90(11)80(103)71(49(4)5)89-79(102)72(50(6)7)91(12)82(105)108-46-54-30-32-56(33-31-54)86-77(100)60(26-22-37-84-81(83)104)87-78(101)70(48(2)3)88-65(93)47-112-39-34-67(95)109-57-42-58-44-59(43-57)111-69(97)36-41-114-64-29-21-17-20-28-63(64)113-40-35-68(96)110-58/h16-21,24-25,28,30-33,48-53,57-62,70-75,98H,15,22-23,26-27,29,34-47H2,1-14H3,(H,85,99)(H,86,100)(H,87,101)(H,88,93)(H,89,102)(H3,83,84,104)/t51-,52+,53+,57+,58-,59?,60-,61-,62+,70-,71-,72-,73-,74+,75+/m0/s1. The summed E-state index contributed by atoms with van der Waals surface area (Å²) in [6.07, 6.45) is 6.52. The first-order chi connectivity index (χ1) is 54.2. The lowest BCUT2D eigenvalue weighted by Crippen LogP contribution is -2.60. The van der Waals surface area contributed by atoms with Crippen LogP contribution in [0.3, 0.4) is 0 Å². The summed E-state index contributed by atoms with van der Waals surface area (Å²) in [6, 6.07) is 8.46. The fourth-order valence-electron chi connectivity index (χ4n) is 14.5. The van der Waals surface area contributed by atoms with E-state index < -0.39 is 162 Å². The summed E-state index contributed by atoms with van der Waals surface area (Å²) in [5.41, 5.74) is 6.78. The van der Waals surface area contributed by atoms with Gasteiger partial charge in [0.25, 0.3) is 0 Å².